The number of ether oxygens (including phenoxy) is 1. The standard InChI is InChI=1S/C43H69N11O12S2/c1-5-24(3)31(22-55)52-39(61)29(19-26-11-13-27(14-12-26)66-6-2)49-36(59)15-18-67-68-23-32(53-40(62)30(20-34(45)57)51-42(64)37(47)25(4)56)43(65)54-17-8-10-33(54)41(63)50-28(9-7-16-44)38(60)48-21-35(46)58/h11-14,22,24-25,28-33,37,56H,5-10,15-21,23,44,47H2,1-4H3,(H2,45,57)(H2,46,58)(H,48,60)(H,49,59)(H,50,63)(H,51,64)(H,52,61)(H,53,62)/t24-,25+,28-,29+,30-,31+,32-,33-,37-/m0/s1. The molecule has 0 spiro atoms. The van der Waals surface area contributed by atoms with Crippen molar-refractivity contribution in [2.24, 2.45) is 28.9 Å². The predicted octanol–water partition coefficient (Wildman–Crippen LogP) is -3.02. The normalized spacial score (nSPS) is 16.8. The summed E-state index contributed by atoms with van der Waals surface area (Å²) in [5, 5.41) is 25.1. The first kappa shape index (κ1) is 58.6. The number of likely N-dealkylation sites (tertiary alicyclic amines) is 1. The van der Waals surface area contributed by atoms with Gasteiger partial charge in [0.15, 0.2) is 0 Å². The summed E-state index contributed by atoms with van der Waals surface area (Å²) in [5.74, 6) is -6.45. The van der Waals surface area contributed by atoms with Crippen molar-refractivity contribution in [1.82, 2.24) is 36.8 Å². The summed E-state index contributed by atoms with van der Waals surface area (Å²) in [6.07, 6.45) is 0.254. The summed E-state index contributed by atoms with van der Waals surface area (Å²) < 4.78 is 5.51. The Morgan fingerprint density at radius 3 is 2.10 bits per heavy atom. The highest BCUT2D eigenvalue weighted by molar-refractivity contribution is 8.76. The number of carbonyl (C=O) groups excluding carboxylic acids is 10. The van der Waals surface area contributed by atoms with Crippen LogP contribution in [0.2, 0.25) is 0 Å². The SMILES string of the molecule is CCOc1ccc(C[C@@H](NC(=O)CCSSC[C@H](NC(=O)[C@H](CC(N)=O)NC(=O)[C@@H](N)[C@@H](C)O)C(=O)N2CCC[C@H]2C(=O)N[C@@H](CCCN)C(=O)NCC(N)=O)C(=O)N[C@H](C=O)[C@@H](C)CC)cc1. The van der Waals surface area contributed by atoms with Crippen LogP contribution < -0.4 is 59.6 Å². The second-order valence-corrected chi connectivity index (χ2v) is 18.9. The topological polar surface area (TPSA) is 380 Å². The van der Waals surface area contributed by atoms with Crippen LogP contribution in [-0.4, -0.2) is 156 Å². The van der Waals surface area contributed by atoms with Crippen LogP contribution in [0.25, 0.3) is 0 Å². The maximum atomic E-state index is 14.3. The number of hydrogen-bond donors (Lipinski definition) is 11. The number of benzene rings is 1. The van der Waals surface area contributed by atoms with Crippen LogP contribution in [0.3, 0.4) is 0 Å². The number of carbonyl (C=O) groups is 10. The molecule has 9 atom stereocenters. The van der Waals surface area contributed by atoms with E-state index in [0.717, 1.165) is 27.2 Å². The summed E-state index contributed by atoms with van der Waals surface area (Å²) in [6.45, 7) is 7.05. The summed E-state index contributed by atoms with van der Waals surface area (Å²) in [6, 6.07) is -1.52. The van der Waals surface area contributed by atoms with Gasteiger partial charge in [0.05, 0.1) is 31.7 Å². The lowest BCUT2D eigenvalue weighted by atomic mass is 9.99. The Hall–Kier alpha value is -5.50. The van der Waals surface area contributed by atoms with E-state index in [4.69, 9.17) is 27.7 Å². The van der Waals surface area contributed by atoms with Gasteiger partial charge >= 0.3 is 0 Å². The Morgan fingerprint density at radius 2 is 1.51 bits per heavy atom. The molecule has 1 saturated heterocycles. The van der Waals surface area contributed by atoms with Gasteiger partial charge in [-0.2, -0.15) is 0 Å². The van der Waals surface area contributed by atoms with Gasteiger partial charge in [0.25, 0.3) is 0 Å². The third-order valence-electron chi connectivity index (χ3n) is 10.8. The van der Waals surface area contributed by atoms with Crippen LogP contribution in [0, 0.1) is 5.92 Å². The van der Waals surface area contributed by atoms with Crippen molar-refractivity contribution in [1.29, 1.82) is 0 Å². The summed E-state index contributed by atoms with van der Waals surface area (Å²) in [4.78, 5) is 131. The fraction of sp³-hybridized carbons (Fsp3) is 0.628. The van der Waals surface area contributed by atoms with Gasteiger partial charge in [-0.25, -0.2) is 0 Å². The molecule has 1 aliphatic rings. The molecule has 0 unspecified atom stereocenters. The maximum Gasteiger partial charge on any atom is 0.246 e. The molecule has 0 bridgehead atoms. The zero-order valence-electron chi connectivity index (χ0n) is 39.0. The molecule has 2 rings (SSSR count). The van der Waals surface area contributed by atoms with E-state index in [0.29, 0.717) is 37.9 Å². The van der Waals surface area contributed by atoms with E-state index in [-0.39, 0.29) is 56.2 Å². The van der Waals surface area contributed by atoms with Gasteiger partial charge in [0.1, 0.15) is 48.3 Å². The van der Waals surface area contributed by atoms with Crippen molar-refractivity contribution in [3.8, 4) is 5.75 Å². The van der Waals surface area contributed by atoms with E-state index in [1.807, 2.05) is 20.8 Å². The van der Waals surface area contributed by atoms with Gasteiger partial charge in [0.2, 0.25) is 53.2 Å². The second-order valence-electron chi connectivity index (χ2n) is 16.2. The van der Waals surface area contributed by atoms with Gasteiger partial charge in [-0.1, -0.05) is 54.0 Å². The number of aliphatic hydroxyl groups is 1. The molecular weight excluding hydrogens is 927 g/mol. The number of nitrogens with one attached hydrogen (secondary N) is 6. The molecule has 68 heavy (non-hydrogen) atoms. The van der Waals surface area contributed by atoms with Gasteiger partial charge in [-0.15, -0.1) is 0 Å². The smallest absolute Gasteiger partial charge is 0.246 e. The average Bonchev–Trinajstić information content (AvgIpc) is 3.80. The van der Waals surface area contributed by atoms with Gasteiger partial charge in [0, 0.05) is 30.9 Å². The summed E-state index contributed by atoms with van der Waals surface area (Å²) in [7, 11) is 2.23. The van der Waals surface area contributed by atoms with E-state index in [2.05, 4.69) is 31.9 Å². The highest BCUT2D eigenvalue weighted by atomic mass is 33.1. The zero-order valence-corrected chi connectivity index (χ0v) is 40.6. The van der Waals surface area contributed by atoms with Crippen molar-refractivity contribution in [2.75, 3.05) is 37.7 Å². The Bertz CT molecular complexity index is 1880. The van der Waals surface area contributed by atoms with Gasteiger partial charge < -0.3 is 74.4 Å². The Balaban J connectivity index is 2.30. The summed E-state index contributed by atoms with van der Waals surface area (Å²) in [5.41, 5.74) is 22.6. The largest absolute Gasteiger partial charge is 0.494 e. The lowest BCUT2D eigenvalue weighted by molar-refractivity contribution is -0.142. The van der Waals surface area contributed by atoms with E-state index in [1.165, 1.54) is 11.8 Å². The number of aldehydes is 1. The Kier molecular flexibility index (Phi) is 26.5. The van der Waals surface area contributed by atoms with E-state index >= 15 is 0 Å². The zero-order chi connectivity index (χ0) is 50.9. The Morgan fingerprint density at radius 1 is 0.853 bits per heavy atom. The molecule has 0 aliphatic carbocycles. The first-order valence-corrected chi connectivity index (χ1v) is 25.0. The molecule has 0 radical (unpaired) electrons. The third-order valence-corrected chi connectivity index (χ3v) is 13.3. The minimum Gasteiger partial charge on any atom is -0.494 e. The minimum absolute atomic E-state index is 0.0731. The van der Waals surface area contributed by atoms with Crippen LogP contribution in [0.1, 0.15) is 78.2 Å². The van der Waals surface area contributed by atoms with Crippen molar-refractivity contribution < 1.29 is 57.8 Å². The van der Waals surface area contributed by atoms with Crippen LogP contribution >= 0.6 is 21.6 Å². The molecule has 1 aromatic carbocycles. The number of aliphatic hydroxyl groups excluding tert-OH is 1. The molecule has 0 saturated carbocycles. The molecule has 380 valence electrons. The minimum atomic E-state index is -1.62. The van der Waals surface area contributed by atoms with Crippen LogP contribution in [0.5, 0.6) is 5.75 Å². The van der Waals surface area contributed by atoms with Gasteiger partial charge in [-0.05, 0) is 69.7 Å². The Labute approximate surface area is 404 Å². The van der Waals surface area contributed by atoms with Crippen LogP contribution in [0.4, 0.5) is 0 Å². The van der Waals surface area contributed by atoms with Crippen molar-refractivity contribution in [3.05, 3.63) is 29.8 Å². The highest BCUT2D eigenvalue weighted by Crippen LogP contribution is 2.26. The third kappa shape index (κ3) is 20.4. The molecule has 23 nitrogen and oxygen atoms in total. The fourth-order valence-corrected chi connectivity index (χ4v) is 8.89. The molecule has 0 aromatic heterocycles. The van der Waals surface area contributed by atoms with Crippen molar-refractivity contribution in [2.45, 2.75) is 127 Å². The highest BCUT2D eigenvalue weighted by Gasteiger charge is 2.40. The quantitative estimate of drug-likeness (QED) is 0.0194. The molecule has 1 aromatic rings. The molecule has 1 heterocycles. The number of primary amides is 2. The van der Waals surface area contributed by atoms with Crippen LogP contribution in [0.15, 0.2) is 24.3 Å². The first-order chi connectivity index (χ1) is 32.3. The molecule has 9 amide bonds. The number of hydrogen-bond acceptors (Lipinski definition) is 16. The molecule has 1 fully saturated rings. The molecule has 1 aliphatic heterocycles. The molecular formula is C43H69N11O12S2. The lowest BCUT2D eigenvalue weighted by Gasteiger charge is -2.30. The van der Waals surface area contributed by atoms with Crippen LogP contribution in [-0.2, 0) is 54.4 Å². The molecule has 15 N–H and O–H groups in total. The second kappa shape index (κ2) is 30.8. The van der Waals surface area contributed by atoms with Gasteiger partial charge in [-0.3, -0.25) is 43.2 Å². The average molecular weight is 996 g/mol. The number of nitrogens with zero attached hydrogens (tertiary/aromatic N) is 1. The van der Waals surface area contributed by atoms with E-state index < -0.39 is 115 Å². The monoisotopic (exact) mass is 995 g/mol. The van der Waals surface area contributed by atoms with Crippen molar-refractivity contribution in [3.63, 3.8) is 0 Å². The van der Waals surface area contributed by atoms with E-state index in [1.54, 1.807) is 24.3 Å². The molecule has 25 heteroatoms. The number of rotatable bonds is 32. The lowest BCUT2D eigenvalue weighted by Crippen LogP contribution is -2.60. The summed E-state index contributed by atoms with van der Waals surface area (Å²) >= 11 is 0. The van der Waals surface area contributed by atoms with Crippen molar-refractivity contribution >= 4 is 81.0 Å². The first-order valence-electron chi connectivity index (χ1n) is 22.5. The van der Waals surface area contributed by atoms with E-state index in [9.17, 15) is 53.1 Å². The number of amides is 9. The maximum absolute atomic E-state index is 14.3. The predicted molar refractivity (Wildman–Crippen MR) is 255 cm³/mol. The fourth-order valence-electron chi connectivity index (χ4n) is 6.74. The number of nitrogens with two attached hydrogens (primary N) is 4.